The van der Waals surface area contributed by atoms with Crippen LogP contribution in [0.3, 0.4) is 0 Å². The van der Waals surface area contributed by atoms with Crippen LogP contribution >= 0.6 is 0 Å². The number of carbonyl (C=O) groups is 1. The van der Waals surface area contributed by atoms with Gasteiger partial charge in [-0.15, -0.1) is 0 Å². The Bertz CT molecular complexity index is 998. The molecular formula is C35H51N3O. The smallest absolute Gasteiger partial charge is 0.219 e. The molecule has 0 unspecified atom stereocenters. The third-order valence-electron chi connectivity index (χ3n) is 7.25. The van der Waals surface area contributed by atoms with Crippen LogP contribution < -0.4 is 5.32 Å². The lowest BCUT2D eigenvalue weighted by atomic mass is 9.93. The largest absolute Gasteiger partial charge is 0.348 e. The summed E-state index contributed by atoms with van der Waals surface area (Å²) in [7, 11) is 0. The van der Waals surface area contributed by atoms with Gasteiger partial charge in [0.05, 0.1) is 11.9 Å². The summed E-state index contributed by atoms with van der Waals surface area (Å²) in [6, 6.07) is 21.6. The topological polar surface area (TPSA) is 44.7 Å². The van der Waals surface area contributed by atoms with E-state index in [9.17, 15) is 4.79 Å². The van der Waals surface area contributed by atoms with E-state index in [0.29, 0.717) is 12.0 Å². The SMILES string of the molecule is C=C(C)C1CN(C(C)=O)C1.C=C(Cc1ccccc1)NC(C)=NC1CCCCC1.CCCCc1ccccc1. The first-order chi connectivity index (χ1) is 18.8. The Morgan fingerprint density at radius 3 is 1.97 bits per heavy atom. The predicted octanol–water partition coefficient (Wildman–Crippen LogP) is 8.15. The second-order valence-corrected chi connectivity index (χ2v) is 11.0. The first-order valence-electron chi connectivity index (χ1n) is 14.8. The number of unbranched alkanes of at least 4 members (excludes halogenated alkanes) is 1. The van der Waals surface area contributed by atoms with E-state index in [1.165, 1.54) is 68.1 Å². The van der Waals surface area contributed by atoms with E-state index in [2.05, 4.69) is 80.0 Å². The molecule has 39 heavy (non-hydrogen) atoms. The van der Waals surface area contributed by atoms with E-state index in [0.717, 1.165) is 31.0 Å². The second-order valence-electron chi connectivity index (χ2n) is 11.0. The summed E-state index contributed by atoms with van der Waals surface area (Å²) in [5.41, 5.74) is 4.95. The highest BCUT2D eigenvalue weighted by molar-refractivity contribution is 5.81. The standard InChI is InChI=1S/C17H24N2.C10H14.C8H13NO/c1-14(13-16-9-5-3-6-10-16)18-15(2)19-17-11-7-4-8-12-17;1-2-3-7-10-8-5-4-6-9-10;1-6(2)8-4-9(5-8)7(3)10/h3,5-6,9-10,17H,1,4,7-8,11-13H2,2H3,(H,18,19);4-6,8-9H,2-3,7H2,1H3;8H,1,4-5H2,2-3H3. The van der Waals surface area contributed by atoms with Crippen LogP contribution in [0.4, 0.5) is 0 Å². The molecule has 2 fully saturated rings. The summed E-state index contributed by atoms with van der Waals surface area (Å²) in [6.45, 7) is 17.6. The lowest BCUT2D eigenvalue weighted by Crippen LogP contribution is -2.49. The van der Waals surface area contributed by atoms with Gasteiger partial charge in [-0.3, -0.25) is 9.79 Å². The van der Waals surface area contributed by atoms with Gasteiger partial charge in [-0.25, -0.2) is 0 Å². The van der Waals surface area contributed by atoms with Crippen molar-refractivity contribution in [2.24, 2.45) is 10.9 Å². The van der Waals surface area contributed by atoms with Gasteiger partial charge < -0.3 is 10.2 Å². The molecule has 2 aromatic carbocycles. The number of amidine groups is 1. The van der Waals surface area contributed by atoms with E-state index < -0.39 is 0 Å². The lowest BCUT2D eigenvalue weighted by Gasteiger charge is -2.39. The van der Waals surface area contributed by atoms with Crippen LogP contribution in [0.5, 0.6) is 0 Å². The number of nitrogens with zero attached hydrogens (tertiary/aromatic N) is 2. The molecule has 0 radical (unpaired) electrons. The molecule has 2 aromatic rings. The fraction of sp³-hybridized carbons (Fsp3) is 0.486. The van der Waals surface area contributed by atoms with E-state index in [1.54, 1.807) is 6.92 Å². The summed E-state index contributed by atoms with van der Waals surface area (Å²) in [4.78, 5) is 17.3. The predicted molar refractivity (Wildman–Crippen MR) is 168 cm³/mol. The number of carbonyl (C=O) groups excluding carboxylic acids is 1. The molecule has 4 nitrogen and oxygen atoms in total. The molecule has 0 bridgehead atoms. The quantitative estimate of drug-likeness (QED) is 0.213. The molecule has 1 aliphatic carbocycles. The second kappa shape index (κ2) is 18.2. The molecule has 0 aromatic heterocycles. The molecule has 0 spiro atoms. The Morgan fingerprint density at radius 1 is 0.897 bits per heavy atom. The maximum Gasteiger partial charge on any atom is 0.219 e. The van der Waals surface area contributed by atoms with Crippen LogP contribution in [0.2, 0.25) is 0 Å². The van der Waals surface area contributed by atoms with Gasteiger partial charge in [0.1, 0.15) is 0 Å². The minimum Gasteiger partial charge on any atom is -0.348 e. The highest BCUT2D eigenvalue weighted by atomic mass is 16.2. The van der Waals surface area contributed by atoms with Gasteiger partial charge in [-0.2, -0.15) is 0 Å². The Balaban J connectivity index is 0.000000225. The highest BCUT2D eigenvalue weighted by Crippen LogP contribution is 2.21. The van der Waals surface area contributed by atoms with Gasteiger partial charge in [0.25, 0.3) is 0 Å². The van der Waals surface area contributed by atoms with Gasteiger partial charge in [0.15, 0.2) is 0 Å². The zero-order valence-corrected chi connectivity index (χ0v) is 24.9. The molecule has 1 aliphatic heterocycles. The molecule has 4 rings (SSSR count). The Kier molecular flexibility index (Phi) is 15.0. The molecule has 1 heterocycles. The number of rotatable bonds is 8. The normalized spacial score (nSPS) is 15.6. The molecule has 212 valence electrons. The van der Waals surface area contributed by atoms with Crippen LogP contribution in [0.15, 0.2) is 90.1 Å². The summed E-state index contributed by atoms with van der Waals surface area (Å²) in [5.74, 6) is 1.74. The van der Waals surface area contributed by atoms with Gasteiger partial charge in [0, 0.05) is 38.0 Å². The summed E-state index contributed by atoms with van der Waals surface area (Å²) < 4.78 is 0. The average Bonchev–Trinajstić information content (AvgIpc) is 2.88. The monoisotopic (exact) mass is 529 g/mol. The van der Waals surface area contributed by atoms with E-state index >= 15 is 0 Å². The number of hydrogen-bond acceptors (Lipinski definition) is 2. The highest BCUT2D eigenvalue weighted by Gasteiger charge is 2.28. The van der Waals surface area contributed by atoms with Crippen molar-refractivity contribution >= 4 is 11.7 Å². The van der Waals surface area contributed by atoms with Crippen molar-refractivity contribution in [3.8, 4) is 0 Å². The number of likely N-dealkylation sites (tertiary alicyclic amines) is 1. The Hall–Kier alpha value is -3.14. The van der Waals surface area contributed by atoms with Crippen LogP contribution in [-0.4, -0.2) is 35.8 Å². The third kappa shape index (κ3) is 13.5. The van der Waals surface area contributed by atoms with Crippen molar-refractivity contribution in [2.75, 3.05) is 13.1 Å². The Labute approximate surface area is 238 Å². The third-order valence-corrected chi connectivity index (χ3v) is 7.25. The van der Waals surface area contributed by atoms with Crippen molar-refractivity contribution in [2.45, 2.75) is 91.5 Å². The molecule has 1 saturated carbocycles. The molecule has 2 aliphatic rings. The van der Waals surface area contributed by atoms with Crippen LogP contribution in [-0.2, 0) is 17.6 Å². The number of nitrogens with one attached hydrogen (secondary N) is 1. The summed E-state index contributed by atoms with van der Waals surface area (Å²) >= 11 is 0. The van der Waals surface area contributed by atoms with Crippen molar-refractivity contribution in [3.05, 3.63) is 96.2 Å². The molecule has 1 saturated heterocycles. The first-order valence-corrected chi connectivity index (χ1v) is 14.8. The number of aryl methyl sites for hydroxylation is 1. The maximum atomic E-state index is 10.7. The number of benzene rings is 2. The Morgan fingerprint density at radius 2 is 1.46 bits per heavy atom. The zero-order chi connectivity index (χ0) is 28.5. The van der Waals surface area contributed by atoms with Gasteiger partial charge in [0.2, 0.25) is 5.91 Å². The number of aliphatic imine (C=N–C) groups is 1. The number of hydrogen-bond donors (Lipinski definition) is 1. The zero-order valence-electron chi connectivity index (χ0n) is 24.9. The van der Waals surface area contributed by atoms with Crippen molar-refractivity contribution in [3.63, 3.8) is 0 Å². The van der Waals surface area contributed by atoms with Crippen molar-refractivity contribution in [1.82, 2.24) is 10.2 Å². The van der Waals surface area contributed by atoms with E-state index in [4.69, 9.17) is 4.99 Å². The van der Waals surface area contributed by atoms with Crippen LogP contribution in [0.1, 0.15) is 83.8 Å². The molecule has 1 N–H and O–H groups in total. The van der Waals surface area contributed by atoms with Crippen molar-refractivity contribution < 1.29 is 4.79 Å². The van der Waals surface area contributed by atoms with Gasteiger partial charge in [-0.1, -0.05) is 112 Å². The van der Waals surface area contributed by atoms with Crippen molar-refractivity contribution in [1.29, 1.82) is 0 Å². The van der Waals surface area contributed by atoms with E-state index in [1.807, 2.05) is 24.8 Å². The van der Waals surface area contributed by atoms with E-state index in [-0.39, 0.29) is 5.91 Å². The van der Waals surface area contributed by atoms with Crippen LogP contribution in [0.25, 0.3) is 0 Å². The van der Waals surface area contributed by atoms with Gasteiger partial charge >= 0.3 is 0 Å². The molecular weight excluding hydrogens is 478 g/mol. The summed E-state index contributed by atoms with van der Waals surface area (Å²) in [5, 5.41) is 3.33. The minimum atomic E-state index is 0.178. The molecule has 1 amide bonds. The van der Waals surface area contributed by atoms with Gasteiger partial charge in [-0.05, 0) is 50.7 Å². The maximum absolute atomic E-state index is 10.7. The fourth-order valence-corrected chi connectivity index (χ4v) is 4.73. The number of amides is 1. The average molecular weight is 530 g/mol. The summed E-state index contributed by atoms with van der Waals surface area (Å²) in [6.07, 6.45) is 11.2. The number of allylic oxidation sites excluding steroid dienone is 1. The minimum absolute atomic E-state index is 0.178. The first kappa shape index (κ1) is 32.1. The molecule has 0 atom stereocenters. The molecule has 4 heteroatoms. The fourth-order valence-electron chi connectivity index (χ4n) is 4.73. The van der Waals surface area contributed by atoms with Crippen LogP contribution in [0, 0.1) is 5.92 Å². The lowest BCUT2D eigenvalue weighted by molar-refractivity contribution is -0.134.